The quantitative estimate of drug-likeness (QED) is 0.483. The van der Waals surface area contributed by atoms with Gasteiger partial charge in [-0.3, -0.25) is 14.5 Å². The van der Waals surface area contributed by atoms with Gasteiger partial charge in [-0.1, -0.05) is 23.7 Å². The summed E-state index contributed by atoms with van der Waals surface area (Å²) < 4.78 is 0. The second kappa shape index (κ2) is 9.52. The molecule has 1 atom stereocenters. The molecule has 2 amide bonds. The van der Waals surface area contributed by atoms with Gasteiger partial charge in [-0.2, -0.15) is 0 Å². The number of hydrogen-bond donors (Lipinski definition) is 3. The van der Waals surface area contributed by atoms with Crippen LogP contribution in [0.15, 0.2) is 42.5 Å². The van der Waals surface area contributed by atoms with Crippen molar-refractivity contribution in [3.8, 4) is 5.75 Å². The largest absolute Gasteiger partial charge is 0.506 e. The number of nitrogens with zero attached hydrogens (tertiary/aromatic N) is 4. The Morgan fingerprint density at radius 3 is 2.68 bits per heavy atom. The van der Waals surface area contributed by atoms with Crippen LogP contribution in [0.25, 0.3) is 11.0 Å². The van der Waals surface area contributed by atoms with Crippen molar-refractivity contribution in [3.63, 3.8) is 0 Å². The molecule has 0 radical (unpaired) electrons. The molecular formula is C24H27ClN6O3. The normalized spacial score (nSPS) is 19.0. The number of aromatic amines is 1. The number of aromatic hydroxyl groups is 1. The van der Waals surface area contributed by atoms with Gasteiger partial charge < -0.3 is 25.2 Å². The summed E-state index contributed by atoms with van der Waals surface area (Å²) >= 11 is 5.91. The van der Waals surface area contributed by atoms with Gasteiger partial charge in [-0.05, 0) is 43.3 Å². The fourth-order valence-electron chi connectivity index (χ4n) is 4.57. The Balaban J connectivity index is 1.09. The minimum atomic E-state index is -0.190. The van der Waals surface area contributed by atoms with Crippen molar-refractivity contribution in [1.29, 1.82) is 0 Å². The van der Waals surface area contributed by atoms with Crippen molar-refractivity contribution < 1.29 is 14.7 Å². The minimum Gasteiger partial charge on any atom is -0.506 e. The van der Waals surface area contributed by atoms with Crippen LogP contribution in [0.2, 0.25) is 5.02 Å². The van der Waals surface area contributed by atoms with E-state index in [1.807, 2.05) is 34.1 Å². The first-order chi connectivity index (χ1) is 16.5. The van der Waals surface area contributed by atoms with E-state index in [0.717, 1.165) is 30.1 Å². The summed E-state index contributed by atoms with van der Waals surface area (Å²) in [6.45, 7) is 4.32. The highest BCUT2D eigenvalue weighted by atomic mass is 35.5. The van der Waals surface area contributed by atoms with Crippen LogP contribution < -0.4 is 10.2 Å². The van der Waals surface area contributed by atoms with Crippen molar-refractivity contribution in [2.45, 2.75) is 6.42 Å². The van der Waals surface area contributed by atoms with Crippen molar-refractivity contribution in [3.05, 3.63) is 47.5 Å². The lowest BCUT2D eigenvalue weighted by Crippen LogP contribution is -2.51. The zero-order chi connectivity index (χ0) is 23.7. The number of para-hydroxylation sites is 2. The third-order valence-electron chi connectivity index (χ3n) is 6.53. The standard InChI is InChI=1S/C24H27ClN6O3/c25-18-13-17(5-6-21(18)32)26-23(34)16-7-8-29(14-16)15-22(33)30-9-11-31(12-10-30)24-27-19-3-1-2-4-20(19)28-24/h1-6,13,16,32H,7-12,14-15H2,(H,26,34)(H,27,28). The molecule has 10 heteroatoms. The topological polar surface area (TPSA) is 105 Å². The summed E-state index contributed by atoms with van der Waals surface area (Å²) in [5.74, 6) is 0.623. The number of imidazole rings is 1. The second-order valence-electron chi connectivity index (χ2n) is 8.82. The zero-order valence-electron chi connectivity index (χ0n) is 18.7. The van der Waals surface area contributed by atoms with Crippen LogP contribution in [0.4, 0.5) is 11.6 Å². The molecule has 0 aliphatic carbocycles. The molecule has 2 aromatic carbocycles. The molecule has 2 fully saturated rings. The van der Waals surface area contributed by atoms with E-state index in [1.165, 1.54) is 12.1 Å². The molecule has 2 saturated heterocycles. The first-order valence-electron chi connectivity index (χ1n) is 11.5. The number of piperazine rings is 1. The van der Waals surface area contributed by atoms with Gasteiger partial charge in [0, 0.05) is 38.4 Å². The van der Waals surface area contributed by atoms with Crippen molar-refractivity contribution in [1.82, 2.24) is 19.8 Å². The average Bonchev–Trinajstić information content (AvgIpc) is 3.49. The number of likely N-dealkylation sites (tertiary alicyclic amines) is 1. The lowest BCUT2D eigenvalue weighted by Gasteiger charge is -2.35. The Kier molecular flexibility index (Phi) is 6.30. The number of nitrogens with one attached hydrogen (secondary N) is 2. The summed E-state index contributed by atoms with van der Waals surface area (Å²) in [7, 11) is 0. The Bertz CT molecular complexity index is 1170. The SMILES string of the molecule is O=C(Nc1ccc(O)c(Cl)c1)C1CCN(CC(=O)N2CCN(c3nc4ccccc4[nH]3)CC2)C1. The van der Waals surface area contributed by atoms with Crippen LogP contribution in [-0.2, 0) is 9.59 Å². The van der Waals surface area contributed by atoms with Gasteiger partial charge in [0.15, 0.2) is 0 Å². The number of rotatable bonds is 5. The van der Waals surface area contributed by atoms with Crippen LogP contribution >= 0.6 is 11.6 Å². The third-order valence-corrected chi connectivity index (χ3v) is 6.83. The maximum atomic E-state index is 12.9. The Morgan fingerprint density at radius 1 is 1.12 bits per heavy atom. The van der Waals surface area contributed by atoms with Crippen LogP contribution in [0, 0.1) is 5.92 Å². The second-order valence-corrected chi connectivity index (χ2v) is 9.23. The monoisotopic (exact) mass is 482 g/mol. The van der Waals surface area contributed by atoms with E-state index in [-0.39, 0.29) is 28.5 Å². The van der Waals surface area contributed by atoms with E-state index in [9.17, 15) is 14.7 Å². The number of carbonyl (C=O) groups is 2. The van der Waals surface area contributed by atoms with E-state index < -0.39 is 0 Å². The molecule has 5 rings (SSSR count). The van der Waals surface area contributed by atoms with Gasteiger partial charge in [0.2, 0.25) is 17.8 Å². The predicted molar refractivity (Wildman–Crippen MR) is 131 cm³/mol. The molecule has 34 heavy (non-hydrogen) atoms. The molecule has 0 bridgehead atoms. The van der Waals surface area contributed by atoms with E-state index in [1.54, 1.807) is 6.07 Å². The number of amides is 2. The highest BCUT2D eigenvalue weighted by Crippen LogP contribution is 2.27. The summed E-state index contributed by atoms with van der Waals surface area (Å²) in [4.78, 5) is 39.6. The molecule has 3 N–H and O–H groups in total. The smallest absolute Gasteiger partial charge is 0.236 e. The number of carbonyl (C=O) groups excluding carboxylic acids is 2. The Labute approximate surface area is 202 Å². The van der Waals surface area contributed by atoms with Gasteiger partial charge >= 0.3 is 0 Å². The molecule has 0 saturated carbocycles. The number of phenols is 1. The first-order valence-corrected chi connectivity index (χ1v) is 11.8. The number of phenolic OH excluding ortho intramolecular Hbond substituents is 1. The van der Waals surface area contributed by atoms with Gasteiger partial charge in [0.1, 0.15) is 5.75 Å². The number of benzene rings is 2. The third kappa shape index (κ3) is 4.80. The molecule has 1 aromatic heterocycles. The summed E-state index contributed by atoms with van der Waals surface area (Å²) in [5.41, 5.74) is 2.50. The van der Waals surface area contributed by atoms with Crippen LogP contribution in [0.3, 0.4) is 0 Å². The summed E-state index contributed by atoms with van der Waals surface area (Å²) in [6, 6.07) is 12.5. The number of anilines is 2. The minimum absolute atomic E-state index is 0.0244. The fraction of sp³-hybridized carbons (Fsp3) is 0.375. The molecule has 9 nitrogen and oxygen atoms in total. The van der Waals surface area contributed by atoms with Gasteiger partial charge in [0.25, 0.3) is 0 Å². The van der Waals surface area contributed by atoms with E-state index in [4.69, 9.17) is 11.6 Å². The van der Waals surface area contributed by atoms with Crippen molar-refractivity contribution in [2.75, 3.05) is 56.0 Å². The zero-order valence-corrected chi connectivity index (χ0v) is 19.5. The van der Waals surface area contributed by atoms with E-state index >= 15 is 0 Å². The molecule has 2 aliphatic rings. The van der Waals surface area contributed by atoms with Gasteiger partial charge in [-0.15, -0.1) is 0 Å². The summed E-state index contributed by atoms with van der Waals surface area (Å²) in [6.07, 6.45) is 0.699. The molecular weight excluding hydrogens is 456 g/mol. The number of aromatic nitrogens is 2. The van der Waals surface area contributed by atoms with E-state index in [0.29, 0.717) is 44.8 Å². The highest BCUT2D eigenvalue weighted by molar-refractivity contribution is 6.32. The first kappa shape index (κ1) is 22.5. The average molecular weight is 483 g/mol. The van der Waals surface area contributed by atoms with Crippen LogP contribution in [0.5, 0.6) is 5.75 Å². The lowest BCUT2D eigenvalue weighted by atomic mass is 10.1. The van der Waals surface area contributed by atoms with Gasteiger partial charge in [-0.25, -0.2) is 4.98 Å². The molecule has 178 valence electrons. The molecule has 2 aliphatic heterocycles. The molecule has 3 heterocycles. The van der Waals surface area contributed by atoms with Gasteiger partial charge in [0.05, 0.1) is 28.5 Å². The molecule has 3 aromatic rings. The predicted octanol–water partition coefficient (Wildman–Crippen LogP) is 2.53. The number of halogens is 1. The van der Waals surface area contributed by atoms with Crippen LogP contribution in [-0.4, -0.2) is 82.5 Å². The number of H-pyrrole nitrogens is 1. The highest BCUT2D eigenvalue weighted by Gasteiger charge is 2.31. The van der Waals surface area contributed by atoms with E-state index in [2.05, 4.69) is 20.2 Å². The Morgan fingerprint density at radius 2 is 1.91 bits per heavy atom. The number of fused-ring (bicyclic) bond motifs is 1. The maximum Gasteiger partial charge on any atom is 0.236 e. The van der Waals surface area contributed by atoms with Crippen LogP contribution in [0.1, 0.15) is 6.42 Å². The number of hydrogen-bond acceptors (Lipinski definition) is 6. The fourth-order valence-corrected chi connectivity index (χ4v) is 4.75. The van der Waals surface area contributed by atoms with Crippen molar-refractivity contribution in [2.24, 2.45) is 5.92 Å². The maximum absolute atomic E-state index is 12.9. The molecule has 0 spiro atoms. The van der Waals surface area contributed by atoms with Crippen molar-refractivity contribution >= 4 is 46.1 Å². The lowest BCUT2D eigenvalue weighted by molar-refractivity contribution is -0.132. The Hall–Kier alpha value is -3.30. The molecule has 1 unspecified atom stereocenters. The summed E-state index contributed by atoms with van der Waals surface area (Å²) in [5, 5.41) is 12.6.